The number of carbonyl (C=O) groups is 1. The Morgan fingerprint density at radius 3 is 2.80 bits per heavy atom. The Balaban J connectivity index is 2.19. The maximum Gasteiger partial charge on any atom is 0.254 e. The highest BCUT2D eigenvalue weighted by molar-refractivity contribution is 7.07. The molecule has 0 saturated heterocycles. The van der Waals surface area contributed by atoms with Crippen LogP contribution in [0, 0.1) is 0 Å². The molecule has 2 aromatic heterocycles. The van der Waals surface area contributed by atoms with Crippen molar-refractivity contribution in [1.82, 2.24) is 9.88 Å². The standard InChI is InChI=1S/C15H19N3OS/c1-10(2)13-6-12(7-14(16)17-13)15(19)18(3)8-11-4-5-20-9-11/h4-7,9-10H,8H2,1-3H3,(H2,16,17). The lowest BCUT2D eigenvalue weighted by atomic mass is 10.1. The minimum atomic E-state index is -0.0350. The molecule has 0 aliphatic carbocycles. The van der Waals surface area contributed by atoms with Gasteiger partial charge in [-0.2, -0.15) is 11.3 Å². The van der Waals surface area contributed by atoms with Gasteiger partial charge in [0.25, 0.3) is 5.91 Å². The zero-order valence-electron chi connectivity index (χ0n) is 12.0. The van der Waals surface area contributed by atoms with Gasteiger partial charge in [0.2, 0.25) is 0 Å². The zero-order chi connectivity index (χ0) is 14.7. The molecule has 2 aromatic rings. The molecule has 0 spiro atoms. The molecular weight excluding hydrogens is 270 g/mol. The van der Waals surface area contributed by atoms with E-state index in [0.29, 0.717) is 17.9 Å². The summed E-state index contributed by atoms with van der Waals surface area (Å²) in [6, 6.07) is 5.49. The van der Waals surface area contributed by atoms with E-state index in [4.69, 9.17) is 5.73 Å². The van der Waals surface area contributed by atoms with Crippen molar-refractivity contribution in [2.75, 3.05) is 12.8 Å². The lowest BCUT2D eigenvalue weighted by Crippen LogP contribution is -2.26. The Morgan fingerprint density at radius 1 is 1.45 bits per heavy atom. The Morgan fingerprint density at radius 2 is 2.20 bits per heavy atom. The number of aromatic nitrogens is 1. The van der Waals surface area contributed by atoms with Crippen LogP contribution < -0.4 is 5.73 Å². The van der Waals surface area contributed by atoms with E-state index in [1.807, 2.05) is 36.7 Å². The van der Waals surface area contributed by atoms with E-state index in [1.54, 1.807) is 29.4 Å². The number of hydrogen-bond donors (Lipinski definition) is 1. The quantitative estimate of drug-likeness (QED) is 0.940. The molecule has 0 radical (unpaired) electrons. The fourth-order valence-corrected chi connectivity index (χ4v) is 2.60. The van der Waals surface area contributed by atoms with E-state index in [2.05, 4.69) is 4.98 Å². The summed E-state index contributed by atoms with van der Waals surface area (Å²) < 4.78 is 0. The fraction of sp³-hybridized carbons (Fsp3) is 0.333. The van der Waals surface area contributed by atoms with Gasteiger partial charge in [0.15, 0.2) is 0 Å². The van der Waals surface area contributed by atoms with Crippen LogP contribution in [0.1, 0.15) is 41.4 Å². The zero-order valence-corrected chi connectivity index (χ0v) is 12.8. The summed E-state index contributed by atoms with van der Waals surface area (Å²) in [4.78, 5) is 18.4. The van der Waals surface area contributed by atoms with Crippen LogP contribution >= 0.6 is 11.3 Å². The van der Waals surface area contributed by atoms with E-state index in [-0.39, 0.29) is 11.8 Å². The first-order valence-electron chi connectivity index (χ1n) is 6.51. The molecule has 2 N–H and O–H groups in total. The van der Waals surface area contributed by atoms with Crippen LogP contribution in [0.2, 0.25) is 0 Å². The van der Waals surface area contributed by atoms with E-state index >= 15 is 0 Å². The normalized spacial score (nSPS) is 10.8. The van der Waals surface area contributed by atoms with Crippen LogP contribution in [0.4, 0.5) is 5.82 Å². The molecule has 0 aliphatic heterocycles. The highest BCUT2D eigenvalue weighted by Gasteiger charge is 2.15. The third kappa shape index (κ3) is 3.36. The van der Waals surface area contributed by atoms with Crippen molar-refractivity contribution in [3.8, 4) is 0 Å². The van der Waals surface area contributed by atoms with Crippen molar-refractivity contribution in [2.45, 2.75) is 26.3 Å². The number of carbonyl (C=O) groups excluding carboxylic acids is 1. The van der Waals surface area contributed by atoms with Crippen molar-refractivity contribution in [1.29, 1.82) is 0 Å². The average molecular weight is 289 g/mol. The van der Waals surface area contributed by atoms with Crippen LogP contribution in [0.5, 0.6) is 0 Å². The van der Waals surface area contributed by atoms with Crippen LogP contribution in [0.25, 0.3) is 0 Å². The van der Waals surface area contributed by atoms with Gasteiger partial charge < -0.3 is 10.6 Å². The van der Waals surface area contributed by atoms with Crippen molar-refractivity contribution in [2.24, 2.45) is 0 Å². The monoisotopic (exact) mass is 289 g/mol. The number of amides is 1. The number of nitrogen functional groups attached to an aromatic ring is 1. The first kappa shape index (κ1) is 14.5. The van der Waals surface area contributed by atoms with Crippen LogP contribution in [-0.2, 0) is 6.54 Å². The molecule has 20 heavy (non-hydrogen) atoms. The van der Waals surface area contributed by atoms with Gasteiger partial charge in [-0.25, -0.2) is 4.98 Å². The third-order valence-corrected chi connectivity index (χ3v) is 3.78. The second-order valence-electron chi connectivity index (χ2n) is 5.15. The van der Waals surface area contributed by atoms with Gasteiger partial charge >= 0.3 is 0 Å². The lowest BCUT2D eigenvalue weighted by Gasteiger charge is -2.17. The summed E-state index contributed by atoms with van der Waals surface area (Å²) >= 11 is 1.63. The Labute approximate surface area is 123 Å². The van der Waals surface area contributed by atoms with Crippen LogP contribution in [0.15, 0.2) is 29.0 Å². The topological polar surface area (TPSA) is 59.2 Å². The van der Waals surface area contributed by atoms with Crippen molar-refractivity contribution in [3.05, 3.63) is 45.8 Å². The molecule has 1 amide bonds. The minimum absolute atomic E-state index is 0.0350. The van der Waals surface area contributed by atoms with Gasteiger partial charge in [-0.1, -0.05) is 13.8 Å². The Hall–Kier alpha value is -1.88. The SMILES string of the molecule is CC(C)c1cc(C(=O)N(C)Cc2ccsc2)cc(N)n1. The number of pyridine rings is 1. The van der Waals surface area contributed by atoms with E-state index < -0.39 is 0 Å². The average Bonchev–Trinajstić information content (AvgIpc) is 2.89. The molecule has 0 bridgehead atoms. The molecule has 2 heterocycles. The van der Waals surface area contributed by atoms with Gasteiger partial charge in [0.05, 0.1) is 0 Å². The summed E-state index contributed by atoms with van der Waals surface area (Å²) in [5.41, 5.74) is 8.37. The molecular formula is C15H19N3OS. The van der Waals surface area contributed by atoms with E-state index in [9.17, 15) is 4.79 Å². The lowest BCUT2D eigenvalue weighted by molar-refractivity contribution is 0.0785. The number of nitrogens with zero attached hydrogens (tertiary/aromatic N) is 2. The van der Waals surface area contributed by atoms with Gasteiger partial charge in [0, 0.05) is 24.8 Å². The summed E-state index contributed by atoms with van der Waals surface area (Å²) in [5, 5.41) is 4.05. The molecule has 0 saturated carbocycles. The molecule has 0 aromatic carbocycles. The Bertz CT molecular complexity index is 593. The molecule has 5 heteroatoms. The maximum absolute atomic E-state index is 12.4. The molecule has 106 valence electrons. The largest absolute Gasteiger partial charge is 0.384 e. The number of hydrogen-bond acceptors (Lipinski definition) is 4. The fourth-order valence-electron chi connectivity index (χ4n) is 1.94. The predicted octanol–water partition coefficient (Wildman–Crippen LogP) is 3.12. The highest BCUT2D eigenvalue weighted by atomic mass is 32.1. The van der Waals surface area contributed by atoms with Crippen LogP contribution in [0.3, 0.4) is 0 Å². The molecule has 2 rings (SSSR count). The molecule has 0 atom stereocenters. The summed E-state index contributed by atoms with van der Waals surface area (Å²) in [6.07, 6.45) is 0. The van der Waals surface area contributed by atoms with Crippen molar-refractivity contribution < 1.29 is 4.79 Å². The number of nitrogens with two attached hydrogens (primary N) is 1. The number of anilines is 1. The molecule has 0 aliphatic rings. The minimum Gasteiger partial charge on any atom is -0.384 e. The first-order valence-corrected chi connectivity index (χ1v) is 7.45. The van der Waals surface area contributed by atoms with E-state index in [1.165, 1.54) is 0 Å². The molecule has 0 fully saturated rings. The molecule has 4 nitrogen and oxygen atoms in total. The predicted molar refractivity (Wildman–Crippen MR) is 82.9 cm³/mol. The summed E-state index contributed by atoms with van der Waals surface area (Å²) in [6.45, 7) is 4.66. The summed E-state index contributed by atoms with van der Waals surface area (Å²) in [7, 11) is 1.80. The summed E-state index contributed by atoms with van der Waals surface area (Å²) in [5.74, 6) is 0.600. The van der Waals surface area contributed by atoms with Gasteiger partial charge in [-0.15, -0.1) is 0 Å². The number of rotatable bonds is 4. The Kier molecular flexibility index (Phi) is 4.39. The van der Waals surface area contributed by atoms with Crippen molar-refractivity contribution in [3.63, 3.8) is 0 Å². The second-order valence-corrected chi connectivity index (χ2v) is 5.93. The smallest absolute Gasteiger partial charge is 0.254 e. The highest BCUT2D eigenvalue weighted by Crippen LogP contribution is 2.18. The van der Waals surface area contributed by atoms with Crippen molar-refractivity contribution >= 4 is 23.1 Å². The molecule has 0 unspecified atom stereocenters. The van der Waals surface area contributed by atoms with Gasteiger partial charge in [-0.05, 0) is 40.4 Å². The van der Waals surface area contributed by atoms with Gasteiger partial charge in [-0.3, -0.25) is 4.79 Å². The van der Waals surface area contributed by atoms with E-state index in [0.717, 1.165) is 11.3 Å². The number of thiophene rings is 1. The second kappa shape index (κ2) is 6.05. The van der Waals surface area contributed by atoms with Gasteiger partial charge in [0.1, 0.15) is 5.82 Å². The first-order chi connectivity index (χ1) is 9.47. The van der Waals surface area contributed by atoms with Crippen LogP contribution in [-0.4, -0.2) is 22.8 Å². The third-order valence-electron chi connectivity index (χ3n) is 3.05. The maximum atomic E-state index is 12.4.